The van der Waals surface area contributed by atoms with E-state index < -0.39 is 6.17 Å². The van der Waals surface area contributed by atoms with Crippen LogP contribution in [0.2, 0.25) is 0 Å². The van der Waals surface area contributed by atoms with E-state index >= 15 is 0 Å². The van der Waals surface area contributed by atoms with Gasteiger partial charge < -0.3 is 20.1 Å². The Morgan fingerprint density at radius 2 is 1.73 bits per heavy atom. The second-order valence-electron chi connectivity index (χ2n) is 9.91. The van der Waals surface area contributed by atoms with E-state index in [0.29, 0.717) is 28.4 Å². The van der Waals surface area contributed by atoms with Crippen LogP contribution in [0.4, 0.5) is 17.1 Å². The third-order valence-corrected chi connectivity index (χ3v) is 7.38. The van der Waals surface area contributed by atoms with Crippen molar-refractivity contribution in [2.45, 2.75) is 19.3 Å². The molecule has 2 heterocycles. The quantitative estimate of drug-likeness (QED) is 0.171. The average molecular weight is 655 g/mol. The number of ether oxygens (including phenoxy) is 2. The van der Waals surface area contributed by atoms with Crippen molar-refractivity contribution >= 4 is 44.8 Å². The van der Waals surface area contributed by atoms with Crippen molar-refractivity contribution in [2.75, 3.05) is 23.2 Å². The van der Waals surface area contributed by atoms with E-state index in [1.807, 2.05) is 72.8 Å². The van der Waals surface area contributed by atoms with E-state index in [1.165, 1.54) is 4.68 Å². The Morgan fingerprint density at radius 3 is 2.52 bits per heavy atom. The first-order valence-electron chi connectivity index (χ1n) is 13.7. The zero-order valence-corrected chi connectivity index (χ0v) is 25.2. The van der Waals surface area contributed by atoms with Gasteiger partial charge in [-0.1, -0.05) is 57.5 Å². The maximum absolute atomic E-state index is 13.6. The molecule has 6 rings (SSSR count). The molecule has 1 aromatic heterocycles. The van der Waals surface area contributed by atoms with Crippen LogP contribution in [0.5, 0.6) is 11.5 Å². The molecule has 12 heteroatoms. The van der Waals surface area contributed by atoms with Gasteiger partial charge in [-0.2, -0.15) is 0 Å². The van der Waals surface area contributed by atoms with E-state index in [-0.39, 0.29) is 25.0 Å². The molecular weight excluding hydrogens is 626 g/mol. The molecule has 1 unspecified atom stereocenters. The monoisotopic (exact) mass is 653 g/mol. The van der Waals surface area contributed by atoms with Crippen LogP contribution in [0.25, 0.3) is 0 Å². The molecule has 0 aliphatic carbocycles. The summed E-state index contributed by atoms with van der Waals surface area (Å²) in [4.78, 5) is 26.0. The first-order chi connectivity index (χ1) is 21.5. The van der Waals surface area contributed by atoms with Crippen LogP contribution < -0.4 is 25.5 Å². The maximum Gasteiger partial charge on any atom is 0.276 e. The predicted molar refractivity (Wildman–Crippen MR) is 169 cm³/mol. The summed E-state index contributed by atoms with van der Waals surface area (Å²) in [6.45, 7) is 0.115. The maximum atomic E-state index is 13.6. The molecule has 0 saturated heterocycles. The minimum Gasteiger partial charge on any atom is -0.493 e. The number of amides is 2. The molecule has 0 radical (unpaired) electrons. The van der Waals surface area contributed by atoms with Gasteiger partial charge in [-0.05, 0) is 60.7 Å². The molecule has 2 amide bonds. The summed E-state index contributed by atoms with van der Waals surface area (Å²) in [6, 6.07) is 29.7. The third kappa shape index (κ3) is 6.50. The summed E-state index contributed by atoms with van der Waals surface area (Å²) in [7, 11) is 1.56. The fourth-order valence-electron chi connectivity index (χ4n) is 4.74. The zero-order valence-electron chi connectivity index (χ0n) is 23.6. The standard InChI is InChI=1S/C32H28BrN7O4/c1-43-29-17-21(31-35-27-10-6-5-9-26(27)32(42)40(31)37-24-7-3-2-4-8-24)11-16-28(29)44-20-25-18-39(38-36-25)19-30(41)34-23-14-12-22(33)13-15-23/h2-18,31,35,37H,19-20H2,1H3,(H,34,41). The molecular formula is C32H28BrN7O4. The van der Waals surface area contributed by atoms with Crippen molar-refractivity contribution < 1.29 is 19.1 Å². The number of fused-ring (bicyclic) bond motifs is 1. The molecule has 3 N–H and O–H groups in total. The van der Waals surface area contributed by atoms with E-state index in [4.69, 9.17) is 9.47 Å². The summed E-state index contributed by atoms with van der Waals surface area (Å²) in [5.41, 5.74) is 7.34. The van der Waals surface area contributed by atoms with Crippen molar-refractivity contribution in [3.05, 3.63) is 125 Å². The van der Waals surface area contributed by atoms with E-state index in [1.54, 1.807) is 42.6 Å². The molecule has 11 nitrogen and oxygen atoms in total. The first kappa shape index (κ1) is 28.7. The lowest BCUT2D eigenvalue weighted by Crippen LogP contribution is -2.46. The number of halogens is 1. The van der Waals surface area contributed by atoms with Crippen LogP contribution >= 0.6 is 15.9 Å². The van der Waals surface area contributed by atoms with Crippen LogP contribution in [0.15, 0.2) is 108 Å². The number of methoxy groups -OCH3 is 1. The number of para-hydroxylation sites is 2. The van der Waals surface area contributed by atoms with Gasteiger partial charge in [0, 0.05) is 21.4 Å². The second-order valence-corrected chi connectivity index (χ2v) is 10.8. The van der Waals surface area contributed by atoms with Gasteiger partial charge >= 0.3 is 0 Å². The number of nitrogens with one attached hydrogen (secondary N) is 3. The normalized spacial score (nSPS) is 13.9. The third-order valence-electron chi connectivity index (χ3n) is 6.85. The number of hydrogen-bond donors (Lipinski definition) is 3. The Morgan fingerprint density at radius 1 is 0.955 bits per heavy atom. The number of hydrazine groups is 1. The molecule has 1 atom stereocenters. The van der Waals surface area contributed by atoms with Crippen LogP contribution in [0.3, 0.4) is 0 Å². The Kier molecular flexibility index (Phi) is 8.41. The van der Waals surface area contributed by atoms with Gasteiger partial charge in [0.2, 0.25) is 5.91 Å². The summed E-state index contributed by atoms with van der Waals surface area (Å²) in [5.74, 6) is 0.580. The van der Waals surface area contributed by atoms with Crippen molar-refractivity contribution in [3.8, 4) is 11.5 Å². The van der Waals surface area contributed by atoms with E-state index in [0.717, 1.165) is 21.4 Å². The summed E-state index contributed by atoms with van der Waals surface area (Å²) in [5, 5.41) is 16.0. The SMILES string of the molecule is COc1cc(C2Nc3ccccc3C(=O)N2Nc2ccccc2)ccc1OCc1cn(CC(=O)Nc2ccc(Br)cc2)nn1. The molecule has 1 aliphatic rings. The zero-order chi connectivity index (χ0) is 30.5. The molecule has 5 aromatic rings. The average Bonchev–Trinajstić information content (AvgIpc) is 3.49. The van der Waals surface area contributed by atoms with Gasteiger partial charge in [0.05, 0.1) is 24.6 Å². The molecule has 44 heavy (non-hydrogen) atoms. The van der Waals surface area contributed by atoms with Gasteiger partial charge in [0.15, 0.2) is 11.5 Å². The number of rotatable bonds is 10. The summed E-state index contributed by atoms with van der Waals surface area (Å²) in [6.07, 6.45) is 1.12. The van der Waals surface area contributed by atoms with Crippen LogP contribution in [-0.4, -0.2) is 38.9 Å². The van der Waals surface area contributed by atoms with Crippen LogP contribution in [0.1, 0.15) is 27.8 Å². The largest absolute Gasteiger partial charge is 0.493 e. The number of anilines is 3. The molecule has 222 valence electrons. The van der Waals surface area contributed by atoms with Crippen molar-refractivity contribution in [3.63, 3.8) is 0 Å². The minimum absolute atomic E-state index is 0.00480. The molecule has 0 bridgehead atoms. The van der Waals surface area contributed by atoms with Crippen molar-refractivity contribution in [1.29, 1.82) is 0 Å². The van der Waals surface area contributed by atoms with Gasteiger partial charge in [0.1, 0.15) is 25.0 Å². The number of carbonyl (C=O) groups is 2. The van der Waals surface area contributed by atoms with E-state index in [9.17, 15) is 9.59 Å². The molecule has 0 saturated carbocycles. The highest BCUT2D eigenvalue weighted by molar-refractivity contribution is 9.10. The topological polar surface area (TPSA) is 123 Å². The van der Waals surface area contributed by atoms with Gasteiger partial charge in [-0.25, -0.2) is 9.69 Å². The smallest absolute Gasteiger partial charge is 0.276 e. The van der Waals surface area contributed by atoms with Gasteiger partial charge in [-0.15, -0.1) is 5.10 Å². The fraction of sp³-hybridized carbons (Fsp3) is 0.125. The van der Waals surface area contributed by atoms with Gasteiger partial charge in [-0.3, -0.25) is 15.0 Å². The first-order valence-corrected chi connectivity index (χ1v) is 14.5. The van der Waals surface area contributed by atoms with Gasteiger partial charge in [0.25, 0.3) is 5.91 Å². The summed E-state index contributed by atoms with van der Waals surface area (Å²) < 4.78 is 14.1. The highest BCUT2D eigenvalue weighted by Crippen LogP contribution is 2.37. The minimum atomic E-state index is -0.538. The van der Waals surface area contributed by atoms with Crippen molar-refractivity contribution in [2.24, 2.45) is 0 Å². The van der Waals surface area contributed by atoms with Crippen LogP contribution in [-0.2, 0) is 17.9 Å². The molecule has 1 aliphatic heterocycles. The second kappa shape index (κ2) is 12.9. The molecule has 0 fully saturated rings. The lowest BCUT2D eigenvalue weighted by Gasteiger charge is -2.38. The highest BCUT2D eigenvalue weighted by Gasteiger charge is 2.34. The Labute approximate surface area is 261 Å². The predicted octanol–water partition coefficient (Wildman–Crippen LogP) is 5.86. The Bertz CT molecular complexity index is 1780. The Balaban J connectivity index is 1.15. The number of carbonyl (C=O) groups excluding carboxylic acids is 2. The van der Waals surface area contributed by atoms with Crippen molar-refractivity contribution in [1.82, 2.24) is 20.0 Å². The number of benzene rings is 4. The molecule has 4 aromatic carbocycles. The number of aromatic nitrogens is 3. The Hall–Kier alpha value is -5.36. The number of hydrogen-bond acceptors (Lipinski definition) is 8. The summed E-state index contributed by atoms with van der Waals surface area (Å²) >= 11 is 3.38. The molecule has 0 spiro atoms. The van der Waals surface area contributed by atoms with Crippen LogP contribution in [0, 0.1) is 0 Å². The lowest BCUT2D eigenvalue weighted by atomic mass is 10.0. The highest BCUT2D eigenvalue weighted by atomic mass is 79.9. The lowest BCUT2D eigenvalue weighted by molar-refractivity contribution is -0.116. The number of nitrogens with zero attached hydrogens (tertiary/aromatic N) is 4. The fourth-order valence-corrected chi connectivity index (χ4v) is 5.01. The van der Waals surface area contributed by atoms with E-state index in [2.05, 4.69) is 42.3 Å².